The largest absolute Gasteiger partial charge is 0.313 e. The smallest absolute Gasteiger partial charge is 0.147 e. The highest BCUT2D eigenvalue weighted by Crippen LogP contribution is 2.27. The Bertz CT molecular complexity index is 779. The molecule has 4 nitrogen and oxygen atoms in total. The predicted molar refractivity (Wildman–Crippen MR) is 88.6 cm³/mol. The van der Waals surface area contributed by atoms with E-state index in [2.05, 4.69) is 34.9 Å². The van der Waals surface area contributed by atoms with Crippen molar-refractivity contribution in [2.75, 3.05) is 19.6 Å². The molecular formula is C18H18N4. The lowest BCUT2D eigenvalue weighted by Crippen LogP contribution is -2.43. The molecule has 1 atom stereocenters. The van der Waals surface area contributed by atoms with E-state index in [9.17, 15) is 0 Å². The molecule has 0 aliphatic carbocycles. The van der Waals surface area contributed by atoms with Crippen LogP contribution in [0.15, 0.2) is 54.6 Å². The van der Waals surface area contributed by atoms with E-state index in [1.807, 2.05) is 30.3 Å². The molecule has 1 fully saturated rings. The standard InChI is InChI=1S/C18H18N4/c1-2-6-13(7-3-1)17-14-8-4-5-9-15(14)21-18(22-17)16-12-19-10-11-20-16/h1-9,16,19-20H,10-12H2. The molecule has 1 aromatic heterocycles. The normalized spacial score (nSPS) is 18.5. The maximum atomic E-state index is 4.88. The van der Waals surface area contributed by atoms with Crippen molar-refractivity contribution in [3.63, 3.8) is 0 Å². The molecule has 110 valence electrons. The van der Waals surface area contributed by atoms with Crippen LogP contribution in [0.1, 0.15) is 11.9 Å². The molecule has 1 aliphatic heterocycles. The van der Waals surface area contributed by atoms with Gasteiger partial charge in [0.2, 0.25) is 0 Å². The summed E-state index contributed by atoms with van der Waals surface area (Å²) in [5.41, 5.74) is 3.14. The van der Waals surface area contributed by atoms with Gasteiger partial charge in [0.1, 0.15) is 5.82 Å². The van der Waals surface area contributed by atoms with Crippen molar-refractivity contribution in [3.05, 3.63) is 60.4 Å². The molecule has 1 aliphatic rings. The van der Waals surface area contributed by atoms with E-state index in [0.717, 1.165) is 47.6 Å². The molecule has 2 N–H and O–H groups in total. The first-order chi connectivity index (χ1) is 10.9. The first kappa shape index (κ1) is 13.4. The fraction of sp³-hybridized carbons (Fsp3) is 0.222. The highest BCUT2D eigenvalue weighted by atomic mass is 15.1. The highest BCUT2D eigenvalue weighted by molar-refractivity contribution is 5.92. The summed E-state index contributed by atoms with van der Waals surface area (Å²) in [5.74, 6) is 0.866. The number of benzene rings is 2. The second-order valence-corrected chi connectivity index (χ2v) is 5.52. The summed E-state index contributed by atoms with van der Waals surface area (Å²) in [4.78, 5) is 9.65. The molecule has 4 heteroatoms. The van der Waals surface area contributed by atoms with Crippen LogP contribution in [0.2, 0.25) is 0 Å². The van der Waals surface area contributed by atoms with E-state index in [1.54, 1.807) is 0 Å². The summed E-state index contributed by atoms with van der Waals surface area (Å²) in [6, 6.07) is 18.7. The molecule has 2 aromatic carbocycles. The summed E-state index contributed by atoms with van der Waals surface area (Å²) in [6.45, 7) is 2.81. The quantitative estimate of drug-likeness (QED) is 0.761. The second-order valence-electron chi connectivity index (χ2n) is 5.52. The number of aromatic nitrogens is 2. The van der Waals surface area contributed by atoms with Gasteiger partial charge in [-0.2, -0.15) is 0 Å². The van der Waals surface area contributed by atoms with Gasteiger partial charge >= 0.3 is 0 Å². The van der Waals surface area contributed by atoms with Crippen molar-refractivity contribution in [1.29, 1.82) is 0 Å². The van der Waals surface area contributed by atoms with Crippen LogP contribution in [0, 0.1) is 0 Å². The number of hydrogen-bond acceptors (Lipinski definition) is 4. The zero-order valence-corrected chi connectivity index (χ0v) is 12.3. The number of piperazine rings is 1. The summed E-state index contributed by atoms with van der Waals surface area (Å²) in [5, 5.41) is 7.99. The Morgan fingerprint density at radius 1 is 0.864 bits per heavy atom. The second kappa shape index (κ2) is 5.83. The molecule has 3 aromatic rings. The first-order valence-electron chi connectivity index (χ1n) is 7.68. The van der Waals surface area contributed by atoms with Gasteiger partial charge in [-0.1, -0.05) is 48.5 Å². The molecule has 0 amide bonds. The zero-order valence-electron chi connectivity index (χ0n) is 12.3. The van der Waals surface area contributed by atoms with Gasteiger partial charge in [-0.3, -0.25) is 0 Å². The molecular weight excluding hydrogens is 272 g/mol. The van der Waals surface area contributed by atoms with Gasteiger partial charge in [0.25, 0.3) is 0 Å². The summed E-state index contributed by atoms with van der Waals surface area (Å²) in [6.07, 6.45) is 0. The van der Waals surface area contributed by atoms with Crippen LogP contribution >= 0.6 is 0 Å². The number of rotatable bonds is 2. The maximum absolute atomic E-state index is 4.88. The van der Waals surface area contributed by atoms with Crippen LogP contribution in [0.4, 0.5) is 0 Å². The monoisotopic (exact) mass is 290 g/mol. The molecule has 0 bridgehead atoms. The fourth-order valence-corrected chi connectivity index (χ4v) is 2.90. The Labute approximate surface area is 129 Å². The third-order valence-corrected chi connectivity index (χ3v) is 4.02. The van der Waals surface area contributed by atoms with Gasteiger partial charge in [0.05, 0.1) is 17.3 Å². The molecule has 4 rings (SSSR count). The number of nitrogens with zero attached hydrogens (tertiary/aromatic N) is 2. The maximum Gasteiger partial charge on any atom is 0.147 e. The van der Waals surface area contributed by atoms with Crippen molar-refractivity contribution in [2.45, 2.75) is 6.04 Å². The van der Waals surface area contributed by atoms with Crippen molar-refractivity contribution in [1.82, 2.24) is 20.6 Å². The molecule has 0 radical (unpaired) electrons. The lowest BCUT2D eigenvalue weighted by molar-refractivity contribution is 0.416. The van der Waals surface area contributed by atoms with Crippen LogP contribution in [-0.4, -0.2) is 29.6 Å². The van der Waals surface area contributed by atoms with Gasteiger partial charge < -0.3 is 10.6 Å². The van der Waals surface area contributed by atoms with E-state index in [0.29, 0.717) is 0 Å². The lowest BCUT2D eigenvalue weighted by Gasteiger charge is -2.24. The van der Waals surface area contributed by atoms with Crippen LogP contribution in [0.5, 0.6) is 0 Å². The Hall–Kier alpha value is -2.30. The number of hydrogen-bond donors (Lipinski definition) is 2. The average molecular weight is 290 g/mol. The Morgan fingerprint density at radius 3 is 2.50 bits per heavy atom. The topological polar surface area (TPSA) is 49.8 Å². The third kappa shape index (κ3) is 2.47. The zero-order chi connectivity index (χ0) is 14.8. The number of fused-ring (bicyclic) bond motifs is 1. The van der Waals surface area contributed by atoms with Crippen molar-refractivity contribution in [3.8, 4) is 11.3 Å². The van der Waals surface area contributed by atoms with Gasteiger partial charge in [-0.05, 0) is 6.07 Å². The Balaban J connectivity index is 1.89. The molecule has 0 saturated carbocycles. The number of nitrogens with one attached hydrogen (secondary N) is 2. The van der Waals surface area contributed by atoms with E-state index >= 15 is 0 Å². The van der Waals surface area contributed by atoms with Crippen LogP contribution < -0.4 is 10.6 Å². The number of para-hydroxylation sites is 1. The van der Waals surface area contributed by atoms with Gasteiger partial charge in [-0.15, -0.1) is 0 Å². The Morgan fingerprint density at radius 2 is 1.68 bits per heavy atom. The van der Waals surface area contributed by atoms with Crippen molar-refractivity contribution in [2.24, 2.45) is 0 Å². The van der Waals surface area contributed by atoms with E-state index in [-0.39, 0.29) is 6.04 Å². The highest BCUT2D eigenvalue weighted by Gasteiger charge is 2.19. The lowest BCUT2D eigenvalue weighted by atomic mass is 10.1. The van der Waals surface area contributed by atoms with Crippen molar-refractivity contribution >= 4 is 10.9 Å². The SMILES string of the molecule is c1ccc(-c2nc(C3CNCCN3)nc3ccccc23)cc1. The van der Waals surface area contributed by atoms with Crippen molar-refractivity contribution < 1.29 is 0 Å². The molecule has 2 heterocycles. The van der Waals surface area contributed by atoms with Crippen LogP contribution in [0.3, 0.4) is 0 Å². The van der Waals surface area contributed by atoms with Crippen LogP contribution in [0.25, 0.3) is 22.2 Å². The summed E-state index contributed by atoms with van der Waals surface area (Å²) >= 11 is 0. The summed E-state index contributed by atoms with van der Waals surface area (Å²) in [7, 11) is 0. The van der Waals surface area contributed by atoms with Gasteiger partial charge in [0.15, 0.2) is 0 Å². The predicted octanol–water partition coefficient (Wildman–Crippen LogP) is 2.53. The van der Waals surface area contributed by atoms with E-state index in [4.69, 9.17) is 9.97 Å². The minimum atomic E-state index is 0.167. The van der Waals surface area contributed by atoms with Gasteiger partial charge in [0, 0.05) is 30.6 Å². The fourth-order valence-electron chi connectivity index (χ4n) is 2.90. The minimum Gasteiger partial charge on any atom is -0.313 e. The molecule has 1 unspecified atom stereocenters. The first-order valence-corrected chi connectivity index (χ1v) is 7.68. The average Bonchev–Trinajstić information content (AvgIpc) is 2.62. The minimum absolute atomic E-state index is 0.167. The molecule has 0 spiro atoms. The molecule has 1 saturated heterocycles. The summed E-state index contributed by atoms with van der Waals surface area (Å²) < 4.78 is 0. The van der Waals surface area contributed by atoms with Crippen LogP contribution in [-0.2, 0) is 0 Å². The third-order valence-electron chi connectivity index (χ3n) is 4.02. The Kier molecular flexibility index (Phi) is 3.54. The van der Waals surface area contributed by atoms with E-state index in [1.165, 1.54) is 0 Å². The molecule has 22 heavy (non-hydrogen) atoms. The van der Waals surface area contributed by atoms with E-state index < -0.39 is 0 Å². The van der Waals surface area contributed by atoms with Gasteiger partial charge in [-0.25, -0.2) is 9.97 Å².